The lowest BCUT2D eigenvalue weighted by molar-refractivity contribution is -0.00518. The van der Waals surface area contributed by atoms with Crippen LogP contribution in [0.2, 0.25) is 0 Å². The highest BCUT2D eigenvalue weighted by Crippen LogP contribution is 2.61. The molecule has 1 nitrogen and oxygen atoms in total. The van der Waals surface area contributed by atoms with Gasteiger partial charge in [-0.2, -0.15) is 0 Å². The van der Waals surface area contributed by atoms with Gasteiger partial charge in [-0.05, 0) is 188 Å². The molecule has 0 unspecified atom stereocenters. The van der Waals surface area contributed by atoms with Crippen molar-refractivity contribution in [2.24, 2.45) is 17.8 Å². The van der Waals surface area contributed by atoms with Crippen molar-refractivity contribution in [1.29, 1.82) is 0 Å². The highest BCUT2D eigenvalue weighted by Gasteiger charge is 2.51. The minimum absolute atomic E-state index is 0.0937. The van der Waals surface area contributed by atoms with Crippen molar-refractivity contribution in [3.8, 4) is 44.5 Å². The van der Waals surface area contributed by atoms with Gasteiger partial charge < -0.3 is 4.90 Å². The van der Waals surface area contributed by atoms with Gasteiger partial charge in [0.1, 0.15) is 0 Å². The van der Waals surface area contributed by atoms with Crippen molar-refractivity contribution in [3.63, 3.8) is 0 Å². The predicted octanol–water partition coefficient (Wildman–Crippen LogP) is 16.2. The van der Waals surface area contributed by atoms with Crippen molar-refractivity contribution in [1.82, 2.24) is 0 Å². The standard InChI is InChI=1S/C61H57N/c1-58(2)52-13-9-7-11-46(52)49-24-20-43(31-55(49)58)62(44-21-25-50-47-12-8-10-14-53(47)59(3,4)56(50)32-44)45-22-26-51-48-23-17-41(30-54(48)60(5,6)57(51)33-45)40-15-18-42(19-16-40)61-34-37-27-38(35-61)29-39(28-37)36-61/h7-26,30-33,37-39H,27-29,34-36H2,1-6H3. The van der Waals surface area contributed by atoms with E-state index < -0.39 is 0 Å². The van der Waals surface area contributed by atoms with Crippen molar-refractivity contribution in [2.45, 2.75) is 102 Å². The number of anilines is 3. The minimum Gasteiger partial charge on any atom is -0.310 e. The molecule has 0 amide bonds. The predicted molar refractivity (Wildman–Crippen MR) is 259 cm³/mol. The lowest BCUT2D eigenvalue weighted by Crippen LogP contribution is -2.48. The van der Waals surface area contributed by atoms with Crippen LogP contribution in [0.1, 0.15) is 119 Å². The average molecular weight is 804 g/mol. The Kier molecular flexibility index (Phi) is 7.45. The van der Waals surface area contributed by atoms with Crippen LogP contribution in [0.3, 0.4) is 0 Å². The Morgan fingerprint density at radius 3 is 1.16 bits per heavy atom. The zero-order valence-electron chi connectivity index (χ0n) is 37.3. The average Bonchev–Trinajstić information content (AvgIpc) is 3.75. The maximum Gasteiger partial charge on any atom is 0.0465 e. The lowest BCUT2D eigenvalue weighted by Gasteiger charge is -2.57. The summed E-state index contributed by atoms with van der Waals surface area (Å²) in [5.41, 5.74) is 24.5. The molecule has 7 aliphatic rings. The van der Waals surface area contributed by atoms with Gasteiger partial charge in [-0.25, -0.2) is 0 Å². The van der Waals surface area contributed by atoms with Gasteiger partial charge in [0, 0.05) is 33.3 Å². The molecule has 0 aromatic heterocycles. The van der Waals surface area contributed by atoms with Crippen LogP contribution in [-0.4, -0.2) is 0 Å². The third kappa shape index (κ3) is 5.03. The van der Waals surface area contributed by atoms with Crippen LogP contribution in [0.5, 0.6) is 0 Å². The quantitative estimate of drug-likeness (QED) is 0.168. The summed E-state index contributed by atoms with van der Waals surface area (Å²) in [6.07, 6.45) is 8.73. The van der Waals surface area contributed by atoms with Crippen LogP contribution in [0, 0.1) is 17.8 Å². The zero-order valence-corrected chi connectivity index (χ0v) is 37.3. The van der Waals surface area contributed by atoms with E-state index in [1.807, 2.05) is 0 Å². The molecule has 0 spiro atoms. The Labute approximate surface area is 368 Å². The van der Waals surface area contributed by atoms with E-state index in [4.69, 9.17) is 0 Å². The van der Waals surface area contributed by atoms with Gasteiger partial charge in [0.05, 0.1) is 0 Å². The fraction of sp³-hybridized carbons (Fsp3) is 0.311. The van der Waals surface area contributed by atoms with Crippen LogP contribution in [0.25, 0.3) is 44.5 Å². The van der Waals surface area contributed by atoms with Crippen LogP contribution in [0.4, 0.5) is 17.1 Å². The van der Waals surface area contributed by atoms with Gasteiger partial charge in [-0.15, -0.1) is 0 Å². The fourth-order valence-electron chi connectivity index (χ4n) is 14.6. The number of hydrogen-bond acceptors (Lipinski definition) is 1. The maximum absolute atomic E-state index is 2.54. The molecule has 0 heterocycles. The molecule has 62 heavy (non-hydrogen) atoms. The summed E-state index contributed by atoms with van der Waals surface area (Å²) in [7, 11) is 0. The first-order chi connectivity index (χ1) is 29.9. The molecule has 7 aromatic rings. The van der Waals surface area contributed by atoms with Crippen LogP contribution in [-0.2, 0) is 21.7 Å². The summed E-state index contributed by atoms with van der Waals surface area (Å²) >= 11 is 0. The van der Waals surface area contributed by atoms with E-state index in [1.165, 1.54) is 133 Å². The number of rotatable bonds is 5. The van der Waals surface area contributed by atoms with E-state index in [0.29, 0.717) is 5.41 Å². The summed E-state index contributed by atoms with van der Waals surface area (Å²) in [6, 6.07) is 56.9. The normalized spacial score (nSPS) is 24.2. The second-order valence-electron chi connectivity index (χ2n) is 22.0. The Morgan fingerprint density at radius 2 is 0.710 bits per heavy atom. The van der Waals surface area contributed by atoms with Crippen LogP contribution >= 0.6 is 0 Å². The first-order valence-corrected chi connectivity index (χ1v) is 23.6. The van der Waals surface area contributed by atoms with Crippen molar-refractivity contribution in [3.05, 3.63) is 185 Å². The van der Waals surface area contributed by atoms with Gasteiger partial charge in [-0.1, -0.05) is 145 Å². The molecule has 1 heteroatoms. The molecule has 7 aromatic carbocycles. The van der Waals surface area contributed by atoms with E-state index in [9.17, 15) is 0 Å². The third-order valence-corrected chi connectivity index (χ3v) is 17.4. The second-order valence-corrected chi connectivity index (χ2v) is 22.0. The molecule has 4 fully saturated rings. The van der Waals surface area contributed by atoms with Crippen LogP contribution in [0.15, 0.2) is 146 Å². The summed E-state index contributed by atoms with van der Waals surface area (Å²) in [6.45, 7) is 14.4. The maximum atomic E-state index is 2.54. The Morgan fingerprint density at radius 1 is 0.355 bits per heavy atom. The highest BCUT2D eigenvalue weighted by atomic mass is 15.1. The van der Waals surface area contributed by atoms with E-state index >= 15 is 0 Å². The highest BCUT2D eigenvalue weighted by molar-refractivity contribution is 5.91. The first kappa shape index (κ1) is 36.9. The number of benzene rings is 7. The molecule has 4 saturated carbocycles. The monoisotopic (exact) mass is 803 g/mol. The van der Waals surface area contributed by atoms with Gasteiger partial charge in [-0.3, -0.25) is 0 Å². The lowest BCUT2D eigenvalue weighted by atomic mass is 9.48. The molecule has 0 N–H and O–H groups in total. The number of hydrogen-bond donors (Lipinski definition) is 0. The van der Waals surface area contributed by atoms with Crippen molar-refractivity contribution in [2.75, 3.05) is 4.90 Å². The van der Waals surface area contributed by atoms with Gasteiger partial charge in [0.2, 0.25) is 0 Å². The van der Waals surface area contributed by atoms with E-state index in [0.717, 1.165) is 17.8 Å². The van der Waals surface area contributed by atoms with Gasteiger partial charge in [0.15, 0.2) is 0 Å². The molecule has 306 valence electrons. The van der Waals surface area contributed by atoms with E-state index in [2.05, 4.69) is 192 Å². The summed E-state index contributed by atoms with van der Waals surface area (Å²) in [5, 5.41) is 0. The van der Waals surface area contributed by atoms with E-state index in [1.54, 1.807) is 5.56 Å². The first-order valence-electron chi connectivity index (χ1n) is 23.6. The van der Waals surface area contributed by atoms with Crippen molar-refractivity contribution >= 4 is 17.1 Å². The zero-order chi connectivity index (χ0) is 41.9. The summed E-state index contributed by atoms with van der Waals surface area (Å²) in [5.74, 6) is 2.89. The largest absolute Gasteiger partial charge is 0.310 e. The number of nitrogens with zero attached hydrogens (tertiary/aromatic N) is 1. The van der Waals surface area contributed by atoms with Crippen LogP contribution < -0.4 is 4.90 Å². The second kappa shape index (κ2) is 12.5. The summed E-state index contributed by atoms with van der Waals surface area (Å²) in [4.78, 5) is 2.54. The Balaban J connectivity index is 0.897. The molecule has 0 radical (unpaired) electrons. The Bertz CT molecular complexity index is 2880. The molecule has 4 bridgehead atoms. The van der Waals surface area contributed by atoms with Gasteiger partial charge >= 0.3 is 0 Å². The van der Waals surface area contributed by atoms with E-state index in [-0.39, 0.29) is 16.2 Å². The number of fused-ring (bicyclic) bond motifs is 9. The van der Waals surface area contributed by atoms with Gasteiger partial charge in [0.25, 0.3) is 0 Å². The molecule has 0 saturated heterocycles. The SMILES string of the molecule is CC1(C)c2ccccc2-c2ccc(N(c3ccc4c(c3)C(C)(C)c3ccccc3-4)c3ccc4c(c3)C(C)(C)c3cc(-c5ccc(C67CC8CC(CC(C8)C6)C7)cc5)ccc3-4)cc21. The Hall–Kier alpha value is -5.66. The molecule has 14 rings (SSSR count). The smallest absolute Gasteiger partial charge is 0.0465 e. The molecule has 7 aliphatic carbocycles. The molecule has 0 atom stereocenters. The topological polar surface area (TPSA) is 3.24 Å². The minimum atomic E-state index is -0.162. The molecule has 0 aliphatic heterocycles. The third-order valence-electron chi connectivity index (χ3n) is 17.4. The van der Waals surface area contributed by atoms with Crippen molar-refractivity contribution < 1.29 is 0 Å². The molecular formula is C61H57N. The molecular weight excluding hydrogens is 747 g/mol. The summed E-state index contributed by atoms with van der Waals surface area (Å²) < 4.78 is 0. The fourth-order valence-corrected chi connectivity index (χ4v) is 14.6.